The van der Waals surface area contributed by atoms with Gasteiger partial charge in [0.2, 0.25) is 0 Å². The lowest BCUT2D eigenvalue weighted by Gasteiger charge is -2.24. The number of amidine groups is 1. The second-order valence-corrected chi connectivity index (χ2v) is 5.25. The minimum Gasteiger partial charge on any atom is -0.409 e. The van der Waals surface area contributed by atoms with Crippen molar-refractivity contribution in [2.24, 2.45) is 16.8 Å². The van der Waals surface area contributed by atoms with Crippen LogP contribution in [0.15, 0.2) is 27.8 Å². The van der Waals surface area contributed by atoms with Gasteiger partial charge in [-0.2, -0.15) is 0 Å². The first kappa shape index (κ1) is 16.4. The Hall–Kier alpha value is -1.63. The van der Waals surface area contributed by atoms with Crippen LogP contribution >= 0.6 is 15.9 Å². The third-order valence-corrected chi connectivity index (χ3v) is 3.56. The zero-order valence-electron chi connectivity index (χ0n) is 11.3. The SMILES string of the molecule is CCN(CC(C)/C(N)=N/O)C(=O)c1ccc(F)c(Br)c1. The maximum atomic E-state index is 13.2. The molecule has 3 N–H and O–H groups in total. The molecular weight excluding hydrogens is 329 g/mol. The summed E-state index contributed by atoms with van der Waals surface area (Å²) in [6, 6.07) is 4.10. The molecule has 0 spiro atoms. The molecule has 0 saturated heterocycles. The summed E-state index contributed by atoms with van der Waals surface area (Å²) in [6.07, 6.45) is 0. The van der Waals surface area contributed by atoms with Crippen molar-refractivity contribution >= 4 is 27.7 Å². The molecule has 0 heterocycles. The number of carbonyl (C=O) groups excluding carboxylic acids is 1. The molecule has 110 valence electrons. The number of nitrogens with zero attached hydrogens (tertiary/aromatic N) is 2. The third-order valence-electron chi connectivity index (χ3n) is 2.95. The van der Waals surface area contributed by atoms with E-state index in [2.05, 4.69) is 21.1 Å². The highest BCUT2D eigenvalue weighted by molar-refractivity contribution is 9.10. The fourth-order valence-corrected chi connectivity index (χ4v) is 2.07. The van der Waals surface area contributed by atoms with E-state index in [1.54, 1.807) is 11.8 Å². The van der Waals surface area contributed by atoms with Crippen LogP contribution in [0.4, 0.5) is 4.39 Å². The van der Waals surface area contributed by atoms with Crippen LogP contribution in [-0.2, 0) is 0 Å². The fraction of sp³-hybridized carbons (Fsp3) is 0.385. The van der Waals surface area contributed by atoms with Gasteiger partial charge < -0.3 is 15.8 Å². The van der Waals surface area contributed by atoms with Crippen LogP contribution < -0.4 is 5.73 Å². The van der Waals surface area contributed by atoms with Crippen LogP contribution in [0.5, 0.6) is 0 Å². The van der Waals surface area contributed by atoms with E-state index < -0.39 is 5.82 Å². The molecule has 0 radical (unpaired) electrons. The molecule has 0 aromatic heterocycles. The van der Waals surface area contributed by atoms with Crippen LogP contribution in [0.25, 0.3) is 0 Å². The molecule has 1 rings (SSSR count). The highest BCUT2D eigenvalue weighted by Gasteiger charge is 2.19. The molecule has 1 aromatic rings. The number of halogens is 2. The molecule has 0 saturated carbocycles. The predicted octanol–water partition coefficient (Wildman–Crippen LogP) is 2.43. The van der Waals surface area contributed by atoms with Crippen molar-refractivity contribution < 1.29 is 14.4 Å². The van der Waals surface area contributed by atoms with Gasteiger partial charge in [0.25, 0.3) is 5.91 Å². The van der Waals surface area contributed by atoms with E-state index in [1.807, 2.05) is 6.92 Å². The molecule has 1 aromatic carbocycles. The molecule has 0 aliphatic rings. The van der Waals surface area contributed by atoms with Crippen molar-refractivity contribution in [3.8, 4) is 0 Å². The topological polar surface area (TPSA) is 78.9 Å². The summed E-state index contributed by atoms with van der Waals surface area (Å²) >= 11 is 3.05. The zero-order valence-corrected chi connectivity index (χ0v) is 12.9. The van der Waals surface area contributed by atoms with Crippen molar-refractivity contribution in [3.63, 3.8) is 0 Å². The van der Waals surface area contributed by atoms with Crippen LogP contribution in [0.3, 0.4) is 0 Å². The molecule has 1 atom stereocenters. The normalized spacial score (nSPS) is 13.1. The lowest BCUT2D eigenvalue weighted by Crippen LogP contribution is -2.38. The van der Waals surface area contributed by atoms with Crippen molar-refractivity contribution in [3.05, 3.63) is 34.1 Å². The average molecular weight is 346 g/mol. The van der Waals surface area contributed by atoms with Crippen molar-refractivity contribution in [1.29, 1.82) is 0 Å². The van der Waals surface area contributed by atoms with Crippen molar-refractivity contribution in [1.82, 2.24) is 4.90 Å². The summed E-state index contributed by atoms with van der Waals surface area (Å²) < 4.78 is 13.4. The van der Waals surface area contributed by atoms with E-state index in [-0.39, 0.29) is 22.1 Å². The predicted molar refractivity (Wildman–Crippen MR) is 78.3 cm³/mol. The fourth-order valence-electron chi connectivity index (χ4n) is 1.69. The number of rotatable bonds is 5. The van der Waals surface area contributed by atoms with Crippen LogP contribution in [0.1, 0.15) is 24.2 Å². The minimum atomic E-state index is -0.422. The van der Waals surface area contributed by atoms with Gasteiger partial charge in [-0.3, -0.25) is 4.79 Å². The quantitative estimate of drug-likeness (QED) is 0.372. The average Bonchev–Trinajstić information content (AvgIpc) is 2.45. The summed E-state index contributed by atoms with van der Waals surface area (Å²) in [5.74, 6) is -0.857. The lowest BCUT2D eigenvalue weighted by molar-refractivity contribution is 0.0753. The second kappa shape index (κ2) is 7.23. The Morgan fingerprint density at radius 2 is 2.25 bits per heavy atom. The molecule has 20 heavy (non-hydrogen) atoms. The molecular formula is C13H17BrFN3O2. The summed E-state index contributed by atoms with van der Waals surface area (Å²) in [4.78, 5) is 13.9. The van der Waals surface area contributed by atoms with Gasteiger partial charge in [0, 0.05) is 24.6 Å². The van der Waals surface area contributed by atoms with Gasteiger partial charge in [-0.1, -0.05) is 12.1 Å². The Labute approximate surface area is 125 Å². The molecule has 0 fully saturated rings. The van der Waals surface area contributed by atoms with Gasteiger partial charge in [0.05, 0.1) is 4.47 Å². The highest BCUT2D eigenvalue weighted by Crippen LogP contribution is 2.18. The third kappa shape index (κ3) is 3.93. The minimum absolute atomic E-state index is 0.0662. The lowest BCUT2D eigenvalue weighted by atomic mass is 10.1. The van der Waals surface area contributed by atoms with E-state index in [0.717, 1.165) is 0 Å². The Morgan fingerprint density at radius 3 is 2.75 bits per heavy atom. The van der Waals surface area contributed by atoms with Crippen LogP contribution in [0, 0.1) is 11.7 Å². The number of nitrogens with two attached hydrogens (primary N) is 1. The Morgan fingerprint density at radius 1 is 1.60 bits per heavy atom. The standard InChI is InChI=1S/C13H17BrFN3O2/c1-3-18(7-8(2)12(16)17-20)13(19)9-4-5-11(15)10(14)6-9/h4-6,8,20H,3,7H2,1-2H3,(H2,16,17). The summed E-state index contributed by atoms with van der Waals surface area (Å²) in [7, 11) is 0. The Kier molecular flexibility index (Phi) is 5.94. The molecule has 7 heteroatoms. The second-order valence-electron chi connectivity index (χ2n) is 4.40. The number of oxime groups is 1. The molecule has 5 nitrogen and oxygen atoms in total. The molecule has 1 amide bonds. The van der Waals surface area contributed by atoms with Crippen LogP contribution in [0.2, 0.25) is 0 Å². The smallest absolute Gasteiger partial charge is 0.253 e. The van der Waals surface area contributed by atoms with Crippen molar-refractivity contribution in [2.75, 3.05) is 13.1 Å². The van der Waals surface area contributed by atoms with E-state index in [1.165, 1.54) is 18.2 Å². The van der Waals surface area contributed by atoms with E-state index in [0.29, 0.717) is 18.7 Å². The van der Waals surface area contributed by atoms with Gasteiger partial charge >= 0.3 is 0 Å². The largest absolute Gasteiger partial charge is 0.409 e. The summed E-state index contributed by atoms with van der Waals surface area (Å²) in [6.45, 7) is 4.37. The molecule has 0 aliphatic carbocycles. The van der Waals surface area contributed by atoms with Crippen molar-refractivity contribution in [2.45, 2.75) is 13.8 Å². The highest BCUT2D eigenvalue weighted by atomic mass is 79.9. The van der Waals surface area contributed by atoms with Gasteiger partial charge in [-0.25, -0.2) is 4.39 Å². The van der Waals surface area contributed by atoms with E-state index in [4.69, 9.17) is 10.9 Å². The summed E-state index contributed by atoms with van der Waals surface area (Å²) in [5.41, 5.74) is 5.89. The maximum absolute atomic E-state index is 13.2. The van der Waals surface area contributed by atoms with Gasteiger partial charge in [0.15, 0.2) is 0 Å². The summed E-state index contributed by atoms with van der Waals surface area (Å²) in [5, 5.41) is 11.6. The molecule has 1 unspecified atom stereocenters. The first-order valence-corrected chi connectivity index (χ1v) is 6.91. The van der Waals surface area contributed by atoms with Gasteiger partial charge in [-0.05, 0) is 41.1 Å². The van der Waals surface area contributed by atoms with Crippen LogP contribution in [-0.4, -0.2) is 34.9 Å². The van der Waals surface area contributed by atoms with Gasteiger partial charge in [0.1, 0.15) is 11.7 Å². The number of carbonyl (C=O) groups is 1. The maximum Gasteiger partial charge on any atom is 0.253 e. The first-order chi connectivity index (χ1) is 9.40. The zero-order chi connectivity index (χ0) is 15.3. The number of amides is 1. The Bertz CT molecular complexity index is 522. The molecule has 0 bridgehead atoms. The molecule has 0 aliphatic heterocycles. The first-order valence-electron chi connectivity index (χ1n) is 6.12. The van der Waals surface area contributed by atoms with Gasteiger partial charge in [-0.15, -0.1) is 0 Å². The monoisotopic (exact) mass is 345 g/mol. The Balaban J connectivity index is 2.89. The number of hydrogen-bond donors (Lipinski definition) is 2. The van der Waals surface area contributed by atoms with E-state index in [9.17, 15) is 9.18 Å². The number of benzene rings is 1. The van der Waals surface area contributed by atoms with E-state index >= 15 is 0 Å². The number of hydrogen-bond acceptors (Lipinski definition) is 3.